The van der Waals surface area contributed by atoms with Crippen molar-refractivity contribution >= 4 is 11.7 Å². The molecule has 0 spiro atoms. The van der Waals surface area contributed by atoms with E-state index >= 15 is 0 Å². The van der Waals surface area contributed by atoms with Crippen LogP contribution in [-0.4, -0.2) is 53.1 Å². The third kappa shape index (κ3) is 2.23. The average molecular weight is 261 g/mol. The highest BCUT2D eigenvalue weighted by Gasteiger charge is 2.31. The fraction of sp³-hybridized carbons (Fsp3) is 0.538. The van der Waals surface area contributed by atoms with Crippen molar-refractivity contribution in [3.63, 3.8) is 0 Å². The van der Waals surface area contributed by atoms with Gasteiger partial charge in [-0.1, -0.05) is 5.16 Å². The third-order valence-corrected chi connectivity index (χ3v) is 4.06. The van der Waals surface area contributed by atoms with Crippen LogP contribution in [0.3, 0.4) is 0 Å². The molecule has 1 aromatic heterocycles. The largest absolute Gasteiger partial charge is 0.409 e. The number of nitrogens with zero attached hydrogens (tertiary/aromatic N) is 4. The number of oxime groups is 1. The Balaban J connectivity index is 1.86. The van der Waals surface area contributed by atoms with Gasteiger partial charge in [-0.15, -0.1) is 0 Å². The molecule has 2 fully saturated rings. The summed E-state index contributed by atoms with van der Waals surface area (Å²) in [5.41, 5.74) is 6.44. The van der Waals surface area contributed by atoms with Crippen molar-refractivity contribution in [2.45, 2.75) is 18.9 Å². The summed E-state index contributed by atoms with van der Waals surface area (Å²) in [5, 5.41) is 12.0. The van der Waals surface area contributed by atoms with Gasteiger partial charge >= 0.3 is 0 Å². The lowest BCUT2D eigenvalue weighted by atomic mass is 10.1. The van der Waals surface area contributed by atoms with Crippen molar-refractivity contribution in [3.05, 3.63) is 23.9 Å². The van der Waals surface area contributed by atoms with E-state index in [0.29, 0.717) is 11.6 Å². The van der Waals surface area contributed by atoms with Gasteiger partial charge in [-0.2, -0.15) is 0 Å². The smallest absolute Gasteiger partial charge is 0.173 e. The second-order valence-corrected chi connectivity index (χ2v) is 5.14. The molecule has 3 N–H and O–H groups in total. The minimum atomic E-state index is 0.122. The van der Waals surface area contributed by atoms with Crippen molar-refractivity contribution in [1.82, 2.24) is 9.88 Å². The highest BCUT2D eigenvalue weighted by Crippen LogP contribution is 2.26. The van der Waals surface area contributed by atoms with Crippen LogP contribution in [0.25, 0.3) is 0 Å². The zero-order valence-corrected chi connectivity index (χ0v) is 10.9. The quantitative estimate of drug-likeness (QED) is 0.350. The summed E-state index contributed by atoms with van der Waals surface area (Å²) in [6.45, 7) is 4.20. The van der Waals surface area contributed by atoms with Gasteiger partial charge in [0.1, 0.15) is 5.82 Å². The molecule has 1 aromatic rings. The second-order valence-electron chi connectivity index (χ2n) is 5.14. The summed E-state index contributed by atoms with van der Waals surface area (Å²) in [6.07, 6.45) is 4.29. The molecule has 3 rings (SSSR count). The van der Waals surface area contributed by atoms with Crippen molar-refractivity contribution in [3.8, 4) is 0 Å². The molecular formula is C13H19N5O. The minimum Gasteiger partial charge on any atom is -0.409 e. The summed E-state index contributed by atoms with van der Waals surface area (Å²) >= 11 is 0. The van der Waals surface area contributed by atoms with Crippen LogP contribution in [0.2, 0.25) is 0 Å². The molecule has 1 atom stereocenters. The Morgan fingerprint density at radius 1 is 1.42 bits per heavy atom. The highest BCUT2D eigenvalue weighted by molar-refractivity contribution is 6.01. The van der Waals surface area contributed by atoms with Gasteiger partial charge in [0.05, 0.1) is 5.56 Å². The number of pyridine rings is 1. The number of fused-ring (bicyclic) bond motifs is 1. The van der Waals surface area contributed by atoms with Crippen LogP contribution in [0.5, 0.6) is 0 Å². The number of rotatable bonds is 2. The molecule has 6 heteroatoms. The van der Waals surface area contributed by atoms with Gasteiger partial charge in [-0.25, -0.2) is 4.98 Å². The molecule has 2 aliphatic rings. The van der Waals surface area contributed by atoms with E-state index in [1.165, 1.54) is 19.4 Å². The van der Waals surface area contributed by atoms with Crippen LogP contribution in [0.4, 0.5) is 5.82 Å². The summed E-state index contributed by atoms with van der Waals surface area (Å²) in [4.78, 5) is 9.22. The van der Waals surface area contributed by atoms with Crippen molar-refractivity contribution in [2.24, 2.45) is 10.9 Å². The monoisotopic (exact) mass is 261 g/mol. The molecule has 2 saturated heterocycles. The fourth-order valence-corrected chi connectivity index (χ4v) is 3.09. The number of hydrogen-bond donors (Lipinski definition) is 2. The number of anilines is 1. The van der Waals surface area contributed by atoms with E-state index in [-0.39, 0.29) is 5.84 Å². The van der Waals surface area contributed by atoms with Crippen molar-refractivity contribution in [1.29, 1.82) is 0 Å². The Labute approximate surface area is 112 Å². The molecule has 3 heterocycles. The standard InChI is InChI=1S/C13H19N5O/c14-12(16-19)11-4-1-5-15-13(11)18-8-7-17-6-2-3-10(17)9-18/h1,4-5,10,19H,2-3,6-9H2,(H2,14,16). The number of hydrogen-bond acceptors (Lipinski definition) is 5. The van der Waals surface area contributed by atoms with Gasteiger partial charge < -0.3 is 15.8 Å². The first-order valence-electron chi connectivity index (χ1n) is 6.71. The van der Waals surface area contributed by atoms with E-state index in [1.54, 1.807) is 6.20 Å². The van der Waals surface area contributed by atoms with E-state index in [9.17, 15) is 0 Å². The fourth-order valence-electron chi connectivity index (χ4n) is 3.09. The molecule has 1 unspecified atom stereocenters. The van der Waals surface area contributed by atoms with E-state index in [4.69, 9.17) is 10.9 Å². The Kier molecular flexibility index (Phi) is 3.25. The van der Waals surface area contributed by atoms with Gasteiger partial charge in [0.15, 0.2) is 5.84 Å². The topological polar surface area (TPSA) is 78.0 Å². The first-order valence-corrected chi connectivity index (χ1v) is 6.71. The van der Waals surface area contributed by atoms with Crippen molar-refractivity contribution in [2.75, 3.05) is 31.1 Å². The molecule has 0 bridgehead atoms. The molecule has 0 aliphatic carbocycles. The molecular weight excluding hydrogens is 242 g/mol. The Bertz CT molecular complexity index is 490. The number of amidine groups is 1. The summed E-state index contributed by atoms with van der Waals surface area (Å²) in [5.74, 6) is 0.946. The Hall–Kier alpha value is -1.82. The first kappa shape index (κ1) is 12.2. The van der Waals surface area contributed by atoms with Gasteiger partial charge in [0, 0.05) is 31.9 Å². The molecule has 0 saturated carbocycles. The summed E-state index contributed by atoms with van der Waals surface area (Å²) in [7, 11) is 0. The highest BCUT2D eigenvalue weighted by atomic mass is 16.4. The van der Waals surface area contributed by atoms with Crippen LogP contribution < -0.4 is 10.6 Å². The van der Waals surface area contributed by atoms with E-state index in [1.807, 2.05) is 12.1 Å². The lowest BCUT2D eigenvalue weighted by Gasteiger charge is -2.38. The number of nitrogens with two attached hydrogens (primary N) is 1. The normalized spacial score (nSPS) is 24.5. The predicted molar refractivity (Wildman–Crippen MR) is 73.6 cm³/mol. The predicted octanol–water partition coefficient (Wildman–Crippen LogP) is 0.460. The molecule has 2 aliphatic heterocycles. The SMILES string of the molecule is N/C(=N/O)c1cccnc1N1CCN2CCCC2C1. The van der Waals surface area contributed by atoms with Gasteiger partial charge in [-0.05, 0) is 31.5 Å². The molecule has 0 aromatic carbocycles. The van der Waals surface area contributed by atoms with Crippen LogP contribution >= 0.6 is 0 Å². The van der Waals surface area contributed by atoms with E-state index < -0.39 is 0 Å². The number of piperazine rings is 1. The van der Waals surface area contributed by atoms with Crippen LogP contribution in [0, 0.1) is 0 Å². The zero-order chi connectivity index (χ0) is 13.2. The van der Waals surface area contributed by atoms with Crippen LogP contribution in [0.1, 0.15) is 18.4 Å². The summed E-state index contributed by atoms with van der Waals surface area (Å²) in [6, 6.07) is 4.28. The minimum absolute atomic E-state index is 0.122. The maximum atomic E-state index is 8.87. The lowest BCUT2D eigenvalue weighted by Crippen LogP contribution is -2.50. The first-order chi connectivity index (χ1) is 9.29. The van der Waals surface area contributed by atoms with Crippen molar-refractivity contribution < 1.29 is 5.21 Å². The molecule has 0 amide bonds. The van der Waals surface area contributed by atoms with Gasteiger partial charge in [0.25, 0.3) is 0 Å². The maximum absolute atomic E-state index is 8.87. The van der Waals surface area contributed by atoms with Gasteiger partial charge in [0.2, 0.25) is 0 Å². The maximum Gasteiger partial charge on any atom is 0.173 e. The average Bonchev–Trinajstić information content (AvgIpc) is 2.93. The van der Waals surface area contributed by atoms with Gasteiger partial charge in [-0.3, -0.25) is 4.90 Å². The van der Waals surface area contributed by atoms with E-state index in [0.717, 1.165) is 25.5 Å². The second kappa shape index (κ2) is 5.05. The molecule has 0 radical (unpaired) electrons. The Morgan fingerprint density at radius 2 is 2.32 bits per heavy atom. The Morgan fingerprint density at radius 3 is 3.16 bits per heavy atom. The van der Waals surface area contributed by atoms with Crippen LogP contribution in [0.15, 0.2) is 23.5 Å². The number of aromatic nitrogens is 1. The van der Waals surface area contributed by atoms with E-state index in [2.05, 4.69) is 19.9 Å². The lowest BCUT2D eigenvalue weighted by molar-refractivity contribution is 0.230. The zero-order valence-electron chi connectivity index (χ0n) is 10.9. The molecule has 102 valence electrons. The molecule has 19 heavy (non-hydrogen) atoms. The third-order valence-electron chi connectivity index (χ3n) is 4.06. The van der Waals surface area contributed by atoms with Crippen LogP contribution in [-0.2, 0) is 0 Å². The molecule has 6 nitrogen and oxygen atoms in total. The summed E-state index contributed by atoms with van der Waals surface area (Å²) < 4.78 is 0.